The number of urea groups is 1. The maximum absolute atomic E-state index is 12.4. The Hall–Kier alpha value is -3.52. The Bertz CT molecular complexity index is 1020. The van der Waals surface area contributed by atoms with Crippen LogP contribution in [0.15, 0.2) is 83.8 Å². The third-order valence-electron chi connectivity index (χ3n) is 3.57. The van der Waals surface area contributed by atoms with Gasteiger partial charge in [0.05, 0.1) is 4.90 Å². The van der Waals surface area contributed by atoms with Gasteiger partial charge in [0.15, 0.2) is 0 Å². The average Bonchev–Trinajstić information content (AvgIpc) is 2.64. The summed E-state index contributed by atoms with van der Waals surface area (Å²) in [6.07, 6.45) is 0. The van der Waals surface area contributed by atoms with E-state index in [1.807, 2.05) is 0 Å². The molecule has 0 aliphatic rings. The second-order valence-electron chi connectivity index (χ2n) is 5.62. The molecule has 0 bridgehead atoms. The molecule has 0 fully saturated rings. The van der Waals surface area contributed by atoms with E-state index < -0.39 is 16.1 Å². The van der Waals surface area contributed by atoms with Crippen molar-refractivity contribution in [2.75, 3.05) is 15.4 Å². The summed E-state index contributed by atoms with van der Waals surface area (Å²) in [5.74, 6) is 0.0990. The molecule has 0 radical (unpaired) electrons. The Kier molecular flexibility index (Phi) is 5.28. The minimum absolute atomic E-state index is 0.0795. The monoisotopic (exact) mass is 383 g/mol. The van der Waals surface area contributed by atoms with Gasteiger partial charge in [0.25, 0.3) is 10.0 Å². The minimum Gasteiger partial charge on any atom is -0.508 e. The number of hydrogen-bond donors (Lipinski definition) is 4. The Morgan fingerprint density at radius 2 is 1.22 bits per heavy atom. The van der Waals surface area contributed by atoms with E-state index in [1.165, 1.54) is 36.4 Å². The van der Waals surface area contributed by atoms with Gasteiger partial charge >= 0.3 is 6.03 Å². The van der Waals surface area contributed by atoms with Crippen molar-refractivity contribution in [3.63, 3.8) is 0 Å². The number of sulfonamides is 1. The van der Waals surface area contributed by atoms with Crippen LogP contribution in [-0.2, 0) is 10.0 Å². The lowest BCUT2D eigenvalue weighted by atomic mass is 10.3. The van der Waals surface area contributed by atoms with Gasteiger partial charge < -0.3 is 15.7 Å². The predicted molar refractivity (Wildman–Crippen MR) is 104 cm³/mol. The van der Waals surface area contributed by atoms with Crippen molar-refractivity contribution < 1.29 is 18.3 Å². The number of phenolic OH excluding ortho intramolecular Hbond substituents is 1. The van der Waals surface area contributed by atoms with Crippen LogP contribution in [0.1, 0.15) is 0 Å². The number of carbonyl (C=O) groups excluding carboxylic acids is 1. The molecule has 0 aliphatic carbocycles. The van der Waals surface area contributed by atoms with Crippen LogP contribution in [0.4, 0.5) is 21.9 Å². The first-order valence-electron chi connectivity index (χ1n) is 7.97. The second kappa shape index (κ2) is 7.79. The first kappa shape index (κ1) is 18.3. The fourth-order valence-corrected chi connectivity index (χ4v) is 3.33. The molecule has 3 aromatic carbocycles. The number of anilines is 3. The zero-order valence-corrected chi connectivity index (χ0v) is 14.9. The van der Waals surface area contributed by atoms with Gasteiger partial charge in [-0.1, -0.05) is 18.2 Å². The molecule has 3 aromatic rings. The topological polar surface area (TPSA) is 108 Å². The Balaban J connectivity index is 1.64. The summed E-state index contributed by atoms with van der Waals surface area (Å²) in [6.45, 7) is 0. The average molecular weight is 383 g/mol. The fourth-order valence-electron chi connectivity index (χ4n) is 2.28. The van der Waals surface area contributed by atoms with Crippen LogP contribution in [0.25, 0.3) is 0 Å². The molecule has 27 heavy (non-hydrogen) atoms. The van der Waals surface area contributed by atoms with Gasteiger partial charge in [-0.3, -0.25) is 4.72 Å². The summed E-state index contributed by atoms with van der Waals surface area (Å²) < 4.78 is 27.2. The first-order chi connectivity index (χ1) is 12.9. The molecule has 0 atom stereocenters. The normalized spacial score (nSPS) is 10.8. The third kappa shape index (κ3) is 4.99. The lowest BCUT2D eigenvalue weighted by Crippen LogP contribution is -2.19. The summed E-state index contributed by atoms with van der Waals surface area (Å²) in [5.41, 5.74) is 1.41. The van der Waals surface area contributed by atoms with Gasteiger partial charge in [0.2, 0.25) is 0 Å². The fraction of sp³-hybridized carbons (Fsp3) is 0. The number of para-hydroxylation sites is 1. The van der Waals surface area contributed by atoms with Gasteiger partial charge in [0.1, 0.15) is 5.75 Å². The van der Waals surface area contributed by atoms with Crippen LogP contribution >= 0.6 is 0 Å². The molecule has 4 N–H and O–H groups in total. The van der Waals surface area contributed by atoms with E-state index in [0.29, 0.717) is 17.1 Å². The number of nitrogens with one attached hydrogen (secondary N) is 3. The molecule has 0 spiro atoms. The lowest BCUT2D eigenvalue weighted by Gasteiger charge is -2.10. The van der Waals surface area contributed by atoms with E-state index in [1.54, 1.807) is 42.5 Å². The highest BCUT2D eigenvalue weighted by Gasteiger charge is 2.14. The van der Waals surface area contributed by atoms with Crippen LogP contribution in [0.2, 0.25) is 0 Å². The quantitative estimate of drug-likeness (QED) is 0.502. The Labute approximate surface area is 156 Å². The van der Waals surface area contributed by atoms with Crippen molar-refractivity contribution >= 4 is 33.1 Å². The predicted octanol–water partition coefficient (Wildman–Crippen LogP) is 3.84. The molecular weight excluding hydrogens is 366 g/mol. The largest absolute Gasteiger partial charge is 0.508 e. The van der Waals surface area contributed by atoms with E-state index in [4.69, 9.17) is 0 Å². The maximum Gasteiger partial charge on any atom is 0.323 e. The molecule has 0 aromatic heterocycles. The number of aromatic hydroxyl groups is 1. The van der Waals surface area contributed by atoms with Crippen molar-refractivity contribution in [3.8, 4) is 5.75 Å². The molecule has 2 amide bonds. The van der Waals surface area contributed by atoms with E-state index in [2.05, 4.69) is 15.4 Å². The van der Waals surface area contributed by atoms with Crippen LogP contribution < -0.4 is 15.4 Å². The summed E-state index contributed by atoms with van der Waals surface area (Å²) in [7, 11) is -3.71. The van der Waals surface area contributed by atoms with E-state index >= 15 is 0 Å². The summed E-state index contributed by atoms with van der Waals surface area (Å²) in [6, 6.07) is 19.9. The Morgan fingerprint density at radius 3 is 1.78 bits per heavy atom. The van der Waals surface area contributed by atoms with Gasteiger partial charge in [-0.05, 0) is 60.7 Å². The van der Waals surface area contributed by atoms with E-state index in [9.17, 15) is 18.3 Å². The second-order valence-corrected chi connectivity index (χ2v) is 7.30. The number of rotatable bonds is 5. The third-order valence-corrected chi connectivity index (χ3v) is 4.97. The van der Waals surface area contributed by atoms with Gasteiger partial charge in [0, 0.05) is 17.1 Å². The minimum atomic E-state index is -3.71. The van der Waals surface area contributed by atoms with Crippen molar-refractivity contribution in [1.82, 2.24) is 0 Å². The highest BCUT2D eigenvalue weighted by molar-refractivity contribution is 7.92. The summed E-state index contributed by atoms with van der Waals surface area (Å²) in [4.78, 5) is 12.1. The zero-order chi connectivity index (χ0) is 19.3. The highest BCUT2D eigenvalue weighted by Crippen LogP contribution is 2.19. The first-order valence-corrected chi connectivity index (χ1v) is 9.46. The van der Waals surface area contributed by atoms with Crippen molar-refractivity contribution in [2.24, 2.45) is 0 Å². The maximum atomic E-state index is 12.4. The van der Waals surface area contributed by atoms with Gasteiger partial charge in [-0.2, -0.15) is 0 Å². The van der Waals surface area contributed by atoms with E-state index in [-0.39, 0.29) is 10.6 Å². The molecule has 0 unspecified atom stereocenters. The number of benzene rings is 3. The molecule has 3 rings (SSSR count). The van der Waals surface area contributed by atoms with Crippen molar-refractivity contribution in [1.29, 1.82) is 0 Å². The molecule has 0 saturated carbocycles. The molecular formula is C19H17N3O4S. The summed E-state index contributed by atoms with van der Waals surface area (Å²) >= 11 is 0. The van der Waals surface area contributed by atoms with Crippen molar-refractivity contribution in [2.45, 2.75) is 4.90 Å². The lowest BCUT2D eigenvalue weighted by molar-refractivity contribution is 0.262. The molecule has 7 nitrogen and oxygen atoms in total. The summed E-state index contributed by atoms with van der Waals surface area (Å²) in [5, 5.41) is 14.4. The van der Waals surface area contributed by atoms with Gasteiger partial charge in [-0.25, -0.2) is 13.2 Å². The molecule has 8 heteroatoms. The Morgan fingerprint density at radius 1 is 0.704 bits per heavy atom. The van der Waals surface area contributed by atoms with Crippen LogP contribution in [-0.4, -0.2) is 19.6 Å². The van der Waals surface area contributed by atoms with Crippen LogP contribution in [0.5, 0.6) is 5.75 Å². The van der Waals surface area contributed by atoms with Gasteiger partial charge in [-0.15, -0.1) is 0 Å². The zero-order valence-electron chi connectivity index (χ0n) is 14.1. The smallest absolute Gasteiger partial charge is 0.323 e. The highest BCUT2D eigenvalue weighted by atomic mass is 32.2. The standard InChI is InChI=1S/C19H17N3O4S/c23-17-10-6-14(7-11-17)20-19(24)21-15-8-12-18(13-9-15)27(25,26)22-16-4-2-1-3-5-16/h1-13,22-23H,(H2,20,21,24). The molecule has 138 valence electrons. The van der Waals surface area contributed by atoms with Crippen LogP contribution in [0, 0.1) is 0 Å². The number of amides is 2. The number of carbonyl (C=O) groups is 1. The molecule has 0 saturated heterocycles. The number of phenols is 1. The van der Waals surface area contributed by atoms with E-state index in [0.717, 1.165) is 0 Å². The molecule has 0 heterocycles. The SMILES string of the molecule is O=C(Nc1ccc(O)cc1)Nc1ccc(S(=O)(=O)Nc2ccccc2)cc1. The van der Waals surface area contributed by atoms with Crippen molar-refractivity contribution in [3.05, 3.63) is 78.9 Å². The molecule has 0 aliphatic heterocycles. The van der Waals surface area contributed by atoms with Crippen LogP contribution in [0.3, 0.4) is 0 Å². The number of hydrogen-bond acceptors (Lipinski definition) is 4.